The standard InChI is InChI=1S/C20H24N2O4S/c1-2-25-11-4-10-21-19(24)15-6-8-16(9-7-15)20-22(18(23)14-27-20)13-17-5-3-12-26-17/h3,5-9,12,20H,2,4,10-11,13-14H2,1H3,(H,21,24)/t20-/m0/s1. The third-order valence-corrected chi connectivity index (χ3v) is 5.54. The maximum absolute atomic E-state index is 12.2. The molecule has 6 nitrogen and oxygen atoms in total. The summed E-state index contributed by atoms with van der Waals surface area (Å²) in [5.41, 5.74) is 1.62. The molecule has 2 heterocycles. The monoisotopic (exact) mass is 388 g/mol. The molecule has 144 valence electrons. The number of amides is 2. The summed E-state index contributed by atoms with van der Waals surface area (Å²) in [7, 11) is 0. The molecule has 1 aromatic heterocycles. The van der Waals surface area contributed by atoms with Crippen LogP contribution in [0.3, 0.4) is 0 Å². The number of nitrogens with zero attached hydrogens (tertiary/aromatic N) is 1. The molecule has 1 fully saturated rings. The zero-order valence-electron chi connectivity index (χ0n) is 15.3. The van der Waals surface area contributed by atoms with Gasteiger partial charge >= 0.3 is 0 Å². The second-order valence-electron chi connectivity index (χ2n) is 6.19. The van der Waals surface area contributed by atoms with E-state index in [1.54, 1.807) is 18.0 Å². The van der Waals surface area contributed by atoms with E-state index in [1.807, 2.05) is 48.2 Å². The highest BCUT2D eigenvalue weighted by molar-refractivity contribution is 8.00. The molecule has 1 aromatic carbocycles. The molecule has 2 amide bonds. The minimum absolute atomic E-state index is 0.0640. The minimum Gasteiger partial charge on any atom is -0.467 e. The number of benzene rings is 1. The number of rotatable bonds is 9. The van der Waals surface area contributed by atoms with Crippen molar-refractivity contribution < 1.29 is 18.7 Å². The Morgan fingerprint density at radius 2 is 2.15 bits per heavy atom. The second-order valence-corrected chi connectivity index (χ2v) is 7.26. The quantitative estimate of drug-likeness (QED) is 0.668. The van der Waals surface area contributed by atoms with Gasteiger partial charge in [0, 0.05) is 25.3 Å². The molecule has 3 rings (SSSR count). The number of nitrogens with one attached hydrogen (secondary N) is 1. The number of hydrogen-bond acceptors (Lipinski definition) is 5. The van der Waals surface area contributed by atoms with E-state index in [-0.39, 0.29) is 17.2 Å². The predicted molar refractivity (Wildman–Crippen MR) is 104 cm³/mol. The van der Waals surface area contributed by atoms with Crippen molar-refractivity contribution in [3.05, 3.63) is 59.5 Å². The van der Waals surface area contributed by atoms with E-state index >= 15 is 0 Å². The maximum Gasteiger partial charge on any atom is 0.251 e. The van der Waals surface area contributed by atoms with E-state index in [9.17, 15) is 9.59 Å². The summed E-state index contributed by atoms with van der Waals surface area (Å²) in [6.45, 7) is 4.32. The average molecular weight is 388 g/mol. The summed E-state index contributed by atoms with van der Waals surface area (Å²) in [5, 5.41) is 2.83. The van der Waals surface area contributed by atoms with Crippen LogP contribution in [0.4, 0.5) is 0 Å². The number of carbonyl (C=O) groups excluding carboxylic acids is 2. The van der Waals surface area contributed by atoms with E-state index in [2.05, 4.69) is 5.32 Å². The largest absolute Gasteiger partial charge is 0.467 e. The Kier molecular flexibility index (Phi) is 6.95. The molecule has 1 aliphatic heterocycles. The van der Waals surface area contributed by atoms with Crippen LogP contribution in [-0.4, -0.2) is 42.2 Å². The average Bonchev–Trinajstić information content (AvgIpc) is 3.32. The van der Waals surface area contributed by atoms with Gasteiger partial charge in [-0.15, -0.1) is 11.8 Å². The van der Waals surface area contributed by atoms with Crippen LogP contribution in [0.1, 0.15) is 40.4 Å². The van der Waals surface area contributed by atoms with Gasteiger partial charge in [-0.3, -0.25) is 9.59 Å². The molecule has 27 heavy (non-hydrogen) atoms. The van der Waals surface area contributed by atoms with Crippen LogP contribution >= 0.6 is 11.8 Å². The zero-order chi connectivity index (χ0) is 19.1. The lowest BCUT2D eigenvalue weighted by Gasteiger charge is -2.23. The predicted octanol–water partition coefficient (Wildman–Crippen LogP) is 3.21. The summed E-state index contributed by atoms with van der Waals surface area (Å²) < 4.78 is 10.6. The second kappa shape index (κ2) is 9.62. The lowest BCUT2D eigenvalue weighted by Crippen LogP contribution is -2.27. The third kappa shape index (κ3) is 5.14. The van der Waals surface area contributed by atoms with E-state index in [0.717, 1.165) is 17.7 Å². The molecule has 0 spiro atoms. The number of ether oxygens (including phenoxy) is 1. The number of thioether (sulfide) groups is 1. The molecule has 1 N–H and O–H groups in total. The Morgan fingerprint density at radius 3 is 2.85 bits per heavy atom. The number of furan rings is 1. The van der Waals surface area contributed by atoms with Crippen molar-refractivity contribution in [3.8, 4) is 0 Å². The number of carbonyl (C=O) groups is 2. The van der Waals surface area contributed by atoms with Gasteiger partial charge in [-0.2, -0.15) is 0 Å². The first kappa shape index (κ1) is 19.5. The van der Waals surface area contributed by atoms with Crippen LogP contribution in [0, 0.1) is 0 Å². The fourth-order valence-electron chi connectivity index (χ4n) is 2.89. The highest BCUT2D eigenvalue weighted by Crippen LogP contribution is 2.39. The molecule has 0 saturated carbocycles. The van der Waals surface area contributed by atoms with Crippen molar-refractivity contribution in [1.29, 1.82) is 0 Å². The Hall–Kier alpha value is -2.25. The van der Waals surface area contributed by atoms with E-state index in [0.29, 0.717) is 37.6 Å². The minimum atomic E-state index is -0.0966. The molecular formula is C20H24N2O4S. The smallest absolute Gasteiger partial charge is 0.251 e. The van der Waals surface area contributed by atoms with Crippen LogP contribution in [-0.2, 0) is 16.1 Å². The van der Waals surface area contributed by atoms with Crippen LogP contribution in [0.25, 0.3) is 0 Å². The normalized spacial score (nSPS) is 16.7. The Morgan fingerprint density at radius 1 is 1.33 bits per heavy atom. The molecule has 0 radical (unpaired) electrons. The highest BCUT2D eigenvalue weighted by Gasteiger charge is 2.33. The first-order valence-electron chi connectivity index (χ1n) is 9.08. The Bertz CT molecular complexity index is 746. The first-order chi connectivity index (χ1) is 13.2. The summed E-state index contributed by atoms with van der Waals surface area (Å²) >= 11 is 1.59. The van der Waals surface area contributed by atoms with Gasteiger partial charge in [-0.05, 0) is 43.2 Å². The van der Waals surface area contributed by atoms with Crippen molar-refractivity contribution >= 4 is 23.6 Å². The third-order valence-electron chi connectivity index (χ3n) is 4.29. The maximum atomic E-state index is 12.2. The molecule has 1 atom stereocenters. The topological polar surface area (TPSA) is 71.8 Å². The van der Waals surface area contributed by atoms with E-state index < -0.39 is 0 Å². The lowest BCUT2D eigenvalue weighted by molar-refractivity contribution is -0.128. The summed E-state index contributed by atoms with van der Waals surface area (Å²) in [4.78, 5) is 26.3. The van der Waals surface area contributed by atoms with Gasteiger partial charge in [0.15, 0.2) is 0 Å². The van der Waals surface area contributed by atoms with Crippen LogP contribution in [0.2, 0.25) is 0 Å². The molecule has 0 aliphatic carbocycles. The van der Waals surface area contributed by atoms with Crippen molar-refractivity contribution in [2.24, 2.45) is 0 Å². The van der Waals surface area contributed by atoms with Gasteiger partial charge in [-0.25, -0.2) is 0 Å². The van der Waals surface area contributed by atoms with Gasteiger partial charge in [-0.1, -0.05) is 12.1 Å². The zero-order valence-corrected chi connectivity index (χ0v) is 16.2. The van der Waals surface area contributed by atoms with Crippen molar-refractivity contribution in [1.82, 2.24) is 10.2 Å². The van der Waals surface area contributed by atoms with Crippen LogP contribution in [0.15, 0.2) is 47.1 Å². The van der Waals surface area contributed by atoms with Crippen molar-refractivity contribution in [3.63, 3.8) is 0 Å². The van der Waals surface area contributed by atoms with Gasteiger partial charge in [0.05, 0.1) is 18.6 Å². The summed E-state index contributed by atoms with van der Waals surface area (Å²) in [6, 6.07) is 11.1. The van der Waals surface area contributed by atoms with E-state index in [1.165, 1.54) is 0 Å². The number of hydrogen-bond donors (Lipinski definition) is 1. The molecule has 7 heteroatoms. The van der Waals surface area contributed by atoms with Gasteiger partial charge in [0.2, 0.25) is 5.91 Å². The molecule has 2 aromatic rings. The lowest BCUT2D eigenvalue weighted by atomic mass is 10.1. The molecule has 1 aliphatic rings. The first-order valence-corrected chi connectivity index (χ1v) is 10.1. The van der Waals surface area contributed by atoms with Crippen LogP contribution < -0.4 is 5.32 Å². The molecule has 0 unspecified atom stereocenters. The van der Waals surface area contributed by atoms with Gasteiger partial charge < -0.3 is 19.4 Å². The molecule has 1 saturated heterocycles. The Labute approximate surface area is 163 Å². The molecular weight excluding hydrogens is 364 g/mol. The van der Waals surface area contributed by atoms with Gasteiger partial charge in [0.1, 0.15) is 11.1 Å². The summed E-state index contributed by atoms with van der Waals surface area (Å²) in [6.07, 6.45) is 2.40. The van der Waals surface area contributed by atoms with Crippen molar-refractivity contribution in [2.75, 3.05) is 25.5 Å². The van der Waals surface area contributed by atoms with E-state index in [4.69, 9.17) is 9.15 Å². The molecule has 0 bridgehead atoms. The fourth-order valence-corrected chi connectivity index (χ4v) is 4.08. The summed E-state index contributed by atoms with van der Waals surface area (Å²) in [5.74, 6) is 1.21. The fraction of sp³-hybridized carbons (Fsp3) is 0.400. The SMILES string of the molecule is CCOCCCNC(=O)c1ccc([C@@H]2SCC(=O)N2Cc2ccco2)cc1. The van der Waals surface area contributed by atoms with Crippen LogP contribution in [0.5, 0.6) is 0 Å². The highest BCUT2D eigenvalue weighted by atomic mass is 32.2. The van der Waals surface area contributed by atoms with Gasteiger partial charge in [0.25, 0.3) is 5.91 Å². The van der Waals surface area contributed by atoms with Crippen molar-refractivity contribution in [2.45, 2.75) is 25.3 Å². The Balaban J connectivity index is 1.58.